The summed E-state index contributed by atoms with van der Waals surface area (Å²) in [5.41, 5.74) is 14.5. The normalized spacial score (nSPS) is 18.3. The van der Waals surface area contributed by atoms with Crippen molar-refractivity contribution in [2.75, 3.05) is 39.3 Å². The number of halogens is 2. The Balaban J connectivity index is 1.48. The first-order valence-electron chi connectivity index (χ1n) is 16.3. The molecule has 0 saturated carbocycles. The van der Waals surface area contributed by atoms with Crippen molar-refractivity contribution < 1.29 is 4.79 Å². The number of hydrogen-bond acceptors (Lipinski definition) is 5. The fourth-order valence-corrected chi connectivity index (χ4v) is 6.99. The van der Waals surface area contributed by atoms with E-state index in [1.807, 2.05) is 12.1 Å². The van der Waals surface area contributed by atoms with Crippen molar-refractivity contribution in [3.63, 3.8) is 0 Å². The highest BCUT2D eigenvalue weighted by Crippen LogP contribution is 2.27. The number of nitrogens with zero attached hydrogens (tertiary/aromatic N) is 2. The molecule has 5 N–H and O–H groups in total. The maximum atomic E-state index is 14.0. The molecule has 3 aromatic rings. The number of rotatable bonds is 16. The highest BCUT2D eigenvalue weighted by molar-refractivity contribution is 6.35. The van der Waals surface area contributed by atoms with Gasteiger partial charge in [-0.1, -0.05) is 85.6 Å². The highest BCUT2D eigenvalue weighted by atomic mass is 35.5. The average molecular weight is 641 g/mol. The van der Waals surface area contributed by atoms with Gasteiger partial charge in [0.1, 0.15) is 0 Å². The second kappa shape index (κ2) is 17.5. The summed E-state index contributed by atoms with van der Waals surface area (Å²) in [6.45, 7) is 9.49. The van der Waals surface area contributed by atoms with Crippen LogP contribution in [0.3, 0.4) is 0 Å². The van der Waals surface area contributed by atoms with Gasteiger partial charge in [0.25, 0.3) is 0 Å². The van der Waals surface area contributed by atoms with Gasteiger partial charge in [-0.15, -0.1) is 0 Å². The van der Waals surface area contributed by atoms with E-state index in [0.717, 1.165) is 82.5 Å². The molecule has 0 bridgehead atoms. The number of nitrogens with one attached hydrogen (secondary N) is 1. The number of fused-ring (bicyclic) bond motifs is 1. The van der Waals surface area contributed by atoms with Crippen LogP contribution in [-0.2, 0) is 17.6 Å². The van der Waals surface area contributed by atoms with Crippen LogP contribution in [0.2, 0.25) is 10.0 Å². The van der Waals surface area contributed by atoms with E-state index in [9.17, 15) is 4.79 Å². The molecule has 0 radical (unpaired) electrons. The molecule has 1 amide bonds. The number of hydrogen-bond donors (Lipinski definition) is 3. The van der Waals surface area contributed by atoms with Crippen molar-refractivity contribution in [3.05, 3.63) is 81.8 Å². The van der Waals surface area contributed by atoms with Crippen molar-refractivity contribution >= 4 is 39.9 Å². The van der Waals surface area contributed by atoms with Crippen LogP contribution >= 0.6 is 23.2 Å². The van der Waals surface area contributed by atoms with Crippen molar-refractivity contribution in [1.29, 1.82) is 0 Å². The summed E-state index contributed by atoms with van der Waals surface area (Å²) in [7, 11) is 0. The molecule has 240 valence electrons. The Labute approximate surface area is 274 Å². The van der Waals surface area contributed by atoms with Gasteiger partial charge >= 0.3 is 0 Å². The van der Waals surface area contributed by atoms with Crippen molar-refractivity contribution in [2.24, 2.45) is 17.4 Å². The van der Waals surface area contributed by atoms with E-state index < -0.39 is 0 Å². The largest absolute Gasteiger partial charge is 0.337 e. The van der Waals surface area contributed by atoms with Crippen LogP contribution < -0.4 is 16.8 Å². The molecule has 4 rings (SSSR count). The molecule has 1 heterocycles. The third-order valence-corrected chi connectivity index (χ3v) is 9.29. The Hall–Kier alpha value is -2.19. The predicted octanol–water partition coefficient (Wildman–Crippen LogP) is 6.30. The zero-order valence-electron chi connectivity index (χ0n) is 26.5. The Bertz CT molecular complexity index is 1330. The Morgan fingerprint density at radius 1 is 0.955 bits per heavy atom. The number of benzene rings is 3. The van der Waals surface area contributed by atoms with Crippen molar-refractivity contribution in [1.82, 2.24) is 15.1 Å². The van der Waals surface area contributed by atoms with Gasteiger partial charge in [-0.2, -0.15) is 0 Å². The zero-order chi connectivity index (χ0) is 31.5. The summed E-state index contributed by atoms with van der Waals surface area (Å²) < 4.78 is 0. The Morgan fingerprint density at radius 3 is 2.48 bits per heavy atom. The summed E-state index contributed by atoms with van der Waals surface area (Å²) in [4.78, 5) is 18.7. The molecule has 1 aliphatic rings. The van der Waals surface area contributed by atoms with Crippen LogP contribution in [0.5, 0.6) is 0 Å². The van der Waals surface area contributed by atoms with Crippen LogP contribution in [0, 0.1) is 5.92 Å². The monoisotopic (exact) mass is 639 g/mol. The minimum absolute atomic E-state index is 0.0786. The fourth-order valence-electron chi connectivity index (χ4n) is 6.50. The van der Waals surface area contributed by atoms with E-state index in [1.54, 1.807) is 6.07 Å². The molecule has 0 aliphatic carbocycles. The van der Waals surface area contributed by atoms with Gasteiger partial charge in [-0.3, -0.25) is 9.69 Å². The topological polar surface area (TPSA) is 87.6 Å². The van der Waals surface area contributed by atoms with Crippen LogP contribution in [0.15, 0.2) is 60.7 Å². The second-order valence-corrected chi connectivity index (χ2v) is 13.7. The van der Waals surface area contributed by atoms with Gasteiger partial charge in [-0.25, -0.2) is 0 Å². The van der Waals surface area contributed by atoms with Gasteiger partial charge in [0.05, 0.1) is 6.42 Å². The van der Waals surface area contributed by atoms with Gasteiger partial charge in [0.2, 0.25) is 5.91 Å². The number of piperazine rings is 1. The molecular weight excluding hydrogens is 589 g/mol. The lowest BCUT2D eigenvalue weighted by atomic mass is 9.94. The lowest BCUT2D eigenvalue weighted by molar-refractivity contribution is -0.138. The van der Waals surface area contributed by atoms with Crippen molar-refractivity contribution in [3.8, 4) is 0 Å². The minimum Gasteiger partial charge on any atom is -0.337 e. The van der Waals surface area contributed by atoms with Gasteiger partial charge in [-0.05, 0) is 98.1 Å². The lowest BCUT2D eigenvalue weighted by Gasteiger charge is -2.48. The van der Waals surface area contributed by atoms with Crippen LogP contribution in [0.4, 0.5) is 0 Å². The molecule has 0 spiro atoms. The second-order valence-electron chi connectivity index (χ2n) is 12.9. The molecule has 1 saturated heterocycles. The molecule has 3 atom stereocenters. The number of unbranched alkanes of at least 4 members (excludes halogenated alkanes) is 1. The standard InChI is InChI=1S/C36H51Cl2N5O/c1-26(2)18-34-24-42(23-32(40)21-30-13-14-31(37)22-35(30)38)33(10-7-17-41-16-6-5-15-39)25-43(34)36(44)20-27-11-12-28-8-3-4-9-29(28)19-27/h3-4,8-9,11-14,19,22,26,32-34,41H,5-7,10,15-18,20-21,23-25,39-40H2,1-2H3/t32-,33-,34+/m0/s1. The van der Waals surface area contributed by atoms with E-state index in [2.05, 4.69) is 71.4 Å². The Kier molecular flexibility index (Phi) is 13.8. The highest BCUT2D eigenvalue weighted by Gasteiger charge is 2.36. The smallest absolute Gasteiger partial charge is 0.227 e. The van der Waals surface area contributed by atoms with Crippen LogP contribution in [0.1, 0.15) is 57.1 Å². The van der Waals surface area contributed by atoms with Gasteiger partial charge in [0, 0.05) is 47.8 Å². The third kappa shape index (κ3) is 10.4. The molecular formula is C36H51Cl2N5O. The SMILES string of the molecule is CC(C)C[C@@H]1CN(C[C@@H](N)Cc2ccc(Cl)cc2Cl)[C@@H](CCCNCCCCN)CN1C(=O)Cc1ccc2ccccc2c1. The number of carbonyl (C=O) groups excluding carboxylic acids is 1. The number of amides is 1. The molecule has 3 aromatic carbocycles. The molecule has 6 nitrogen and oxygen atoms in total. The van der Waals surface area contributed by atoms with Crippen molar-refractivity contribution in [2.45, 2.75) is 76.9 Å². The third-order valence-electron chi connectivity index (χ3n) is 8.71. The first-order valence-corrected chi connectivity index (χ1v) is 17.1. The summed E-state index contributed by atoms with van der Waals surface area (Å²) in [6, 6.07) is 20.7. The lowest BCUT2D eigenvalue weighted by Crippen LogP contribution is -2.62. The summed E-state index contributed by atoms with van der Waals surface area (Å²) in [6.07, 6.45) is 6.26. The predicted molar refractivity (Wildman–Crippen MR) is 187 cm³/mol. The van der Waals surface area contributed by atoms with E-state index >= 15 is 0 Å². The number of nitrogens with two attached hydrogens (primary N) is 2. The first kappa shape index (κ1) is 34.7. The summed E-state index contributed by atoms with van der Waals surface area (Å²) in [5.74, 6) is 0.696. The molecule has 0 aromatic heterocycles. The van der Waals surface area contributed by atoms with Gasteiger partial charge < -0.3 is 21.7 Å². The van der Waals surface area contributed by atoms with E-state index in [0.29, 0.717) is 28.8 Å². The minimum atomic E-state index is -0.0786. The Morgan fingerprint density at radius 2 is 1.73 bits per heavy atom. The van der Waals surface area contributed by atoms with E-state index in [1.165, 1.54) is 10.8 Å². The average Bonchev–Trinajstić information content (AvgIpc) is 2.98. The van der Waals surface area contributed by atoms with Crippen LogP contribution in [-0.4, -0.2) is 73.1 Å². The van der Waals surface area contributed by atoms with Gasteiger partial charge in [0.15, 0.2) is 0 Å². The fraction of sp³-hybridized carbons (Fsp3) is 0.528. The summed E-state index contributed by atoms with van der Waals surface area (Å²) in [5, 5.41) is 7.23. The molecule has 1 fully saturated rings. The van der Waals surface area contributed by atoms with E-state index in [4.69, 9.17) is 34.7 Å². The maximum Gasteiger partial charge on any atom is 0.227 e. The van der Waals surface area contributed by atoms with Crippen LogP contribution in [0.25, 0.3) is 10.8 Å². The maximum absolute atomic E-state index is 14.0. The summed E-state index contributed by atoms with van der Waals surface area (Å²) >= 11 is 12.6. The molecule has 0 unspecified atom stereocenters. The molecule has 1 aliphatic heterocycles. The van der Waals surface area contributed by atoms with E-state index in [-0.39, 0.29) is 24.0 Å². The zero-order valence-corrected chi connectivity index (χ0v) is 28.0. The first-order chi connectivity index (χ1) is 21.2. The molecule has 8 heteroatoms. The number of carbonyl (C=O) groups is 1. The quantitative estimate of drug-likeness (QED) is 0.160. The molecule has 44 heavy (non-hydrogen) atoms.